The Hall–Kier alpha value is 0.0500. The van der Waals surface area contributed by atoms with Gasteiger partial charge in [-0.05, 0) is 18.8 Å². The Kier molecular flexibility index (Phi) is 3.37. The van der Waals surface area contributed by atoms with E-state index in [0.29, 0.717) is 11.8 Å². The second-order valence-electron chi connectivity index (χ2n) is 5.06. The quantitative estimate of drug-likeness (QED) is 0.748. The van der Waals surface area contributed by atoms with Crippen LogP contribution in [0.25, 0.3) is 0 Å². The molecule has 1 rings (SSSR count). The van der Waals surface area contributed by atoms with E-state index in [-0.39, 0.29) is 17.2 Å². The van der Waals surface area contributed by atoms with E-state index in [1.807, 2.05) is 6.92 Å². The number of rotatable bonds is 4. The smallest absolute Gasteiger partial charge is 0.224 e. The molecule has 0 bridgehead atoms. The van der Waals surface area contributed by atoms with Crippen LogP contribution in [-0.2, 0) is 4.79 Å². The van der Waals surface area contributed by atoms with Crippen molar-refractivity contribution in [2.24, 2.45) is 11.3 Å². The molecule has 14 heavy (non-hydrogen) atoms. The first kappa shape index (κ1) is 12.1. The van der Waals surface area contributed by atoms with E-state index in [1.165, 1.54) is 0 Å². The molecule has 0 aromatic rings. The third-order valence-corrected chi connectivity index (χ3v) is 4.02. The van der Waals surface area contributed by atoms with Gasteiger partial charge in [-0.1, -0.05) is 13.8 Å². The summed E-state index contributed by atoms with van der Waals surface area (Å²) < 4.78 is 0. The molecule has 82 valence electrons. The fraction of sp³-hybridized carbons (Fsp3) is 0.900. The largest absolute Gasteiger partial charge is 0.348 e. The van der Waals surface area contributed by atoms with Crippen molar-refractivity contribution in [3.63, 3.8) is 0 Å². The van der Waals surface area contributed by atoms with Gasteiger partial charge in [-0.2, -0.15) is 0 Å². The highest BCUT2D eigenvalue weighted by molar-refractivity contribution is 6.22. The molecule has 0 radical (unpaired) electrons. The Labute approximate surface area is 95.3 Å². The summed E-state index contributed by atoms with van der Waals surface area (Å²) in [5, 5.41) is 2.91. The highest BCUT2D eigenvalue weighted by Crippen LogP contribution is 2.51. The number of nitrogens with one attached hydrogen (secondary N) is 1. The Morgan fingerprint density at radius 2 is 1.93 bits per heavy atom. The normalized spacial score (nSPS) is 24.5. The molecule has 1 saturated carbocycles. The predicted octanol–water partition coefficient (Wildman–Crippen LogP) is 2.39. The van der Waals surface area contributed by atoms with Crippen molar-refractivity contribution in [2.75, 3.05) is 11.8 Å². The first-order valence-corrected chi connectivity index (χ1v) is 5.85. The second kappa shape index (κ2) is 3.90. The maximum absolute atomic E-state index is 11.7. The number of carbonyl (C=O) groups is 1. The number of alkyl halides is 2. The Morgan fingerprint density at radius 1 is 1.50 bits per heavy atom. The molecule has 1 aliphatic carbocycles. The number of amides is 1. The number of carbonyl (C=O) groups excluding carboxylic acids is 1. The van der Waals surface area contributed by atoms with Gasteiger partial charge < -0.3 is 5.32 Å². The lowest BCUT2D eigenvalue weighted by atomic mass is 10.1. The van der Waals surface area contributed by atoms with Crippen LogP contribution in [0.15, 0.2) is 0 Å². The van der Waals surface area contributed by atoms with Gasteiger partial charge in [-0.15, -0.1) is 23.2 Å². The first-order valence-electron chi connectivity index (χ1n) is 4.78. The lowest BCUT2D eigenvalue weighted by molar-refractivity contribution is -0.124. The summed E-state index contributed by atoms with van der Waals surface area (Å²) in [5.41, 5.74) is -0.317. The highest BCUT2D eigenvalue weighted by Gasteiger charge is 2.51. The average molecular weight is 238 g/mol. The zero-order valence-corrected chi connectivity index (χ0v) is 10.4. The van der Waals surface area contributed by atoms with Crippen LogP contribution < -0.4 is 5.32 Å². The van der Waals surface area contributed by atoms with E-state index >= 15 is 0 Å². The van der Waals surface area contributed by atoms with E-state index in [1.54, 1.807) is 0 Å². The fourth-order valence-corrected chi connectivity index (χ4v) is 1.82. The van der Waals surface area contributed by atoms with Crippen molar-refractivity contribution in [2.45, 2.75) is 32.7 Å². The number of halogens is 2. The van der Waals surface area contributed by atoms with Crippen LogP contribution in [0, 0.1) is 11.3 Å². The van der Waals surface area contributed by atoms with Crippen molar-refractivity contribution < 1.29 is 4.79 Å². The molecule has 0 aromatic heterocycles. The van der Waals surface area contributed by atoms with Crippen LogP contribution in [0.1, 0.15) is 27.2 Å². The lowest BCUT2D eigenvalue weighted by Gasteiger charge is -2.26. The summed E-state index contributed by atoms with van der Waals surface area (Å²) in [5.74, 6) is 0.900. The summed E-state index contributed by atoms with van der Waals surface area (Å²) in [6.45, 7) is 6.05. The van der Waals surface area contributed by atoms with Crippen LogP contribution in [0.4, 0.5) is 0 Å². The molecule has 1 amide bonds. The maximum atomic E-state index is 11.7. The van der Waals surface area contributed by atoms with E-state index in [9.17, 15) is 4.79 Å². The minimum atomic E-state index is -0.473. The zero-order valence-electron chi connectivity index (χ0n) is 8.86. The van der Waals surface area contributed by atoms with E-state index in [0.717, 1.165) is 6.42 Å². The molecule has 2 nitrogen and oxygen atoms in total. The number of hydrogen-bond donors (Lipinski definition) is 1. The van der Waals surface area contributed by atoms with Gasteiger partial charge in [-0.25, -0.2) is 0 Å². The third kappa shape index (κ3) is 2.54. The van der Waals surface area contributed by atoms with Gasteiger partial charge in [0.05, 0.1) is 5.54 Å². The standard InChI is InChI=1S/C10H17Cl2NO/c1-9(2)4-7(9)8(14)13-10(3,5-11)6-12/h7H,4-6H2,1-3H3,(H,13,14). The molecular weight excluding hydrogens is 221 g/mol. The number of hydrogen-bond acceptors (Lipinski definition) is 1. The van der Waals surface area contributed by atoms with E-state index < -0.39 is 5.54 Å². The molecule has 0 aliphatic heterocycles. The zero-order chi connectivity index (χ0) is 11.0. The molecule has 1 atom stereocenters. The van der Waals surface area contributed by atoms with Gasteiger partial charge >= 0.3 is 0 Å². The van der Waals surface area contributed by atoms with Crippen LogP contribution in [0.5, 0.6) is 0 Å². The monoisotopic (exact) mass is 237 g/mol. The first-order chi connectivity index (χ1) is 6.34. The van der Waals surface area contributed by atoms with Gasteiger partial charge in [0.15, 0.2) is 0 Å². The van der Waals surface area contributed by atoms with Crippen molar-refractivity contribution in [3.8, 4) is 0 Å². The Balaban J connectivity index is 2.49. The molecular formula is C10H17Cl2NO. The van der Waals surface area contributed by atoms with Crippen molar-refractivity contribution in [1.29, 1.82) is 0 Å². The second-order valence-corrected chi connectivity index (χ2v) is 5.60. The molecule has 0 saturated heterocycles. The van der Waals surface area contributed by atoms with E-state index in [4.69, 9.17) is 23.2 Å². The molecule has 1 aliphatic rings. The Morgan fingerprint density at radius 3 is 2.21 bits per heavy atom. The van der Waals surface area contributed by atoms with Crippen LogP contribution in [0.3, 0.4) is 0 Å². The van der Waals surface area contributed by atoms with Gasteiger partial charge in [0.1, 0.15) is 0 Å². The molecule has 1 unspecified atom stereocenters. The predicted molar refractivity (Wildman–Crippen MR) is 59.9 cm³/mol. The molecule has 0 heterocycles. The molecule has 1 fully saturated rings. The van der Waals surface area contributed by atoms with Gasteiger partial charge in [0.2, 0.25) is 5.91 Å². The molecule has 0 aromatic carbocycles. The van der Waals surface area contributed by atoms with Crippen LogP contribution >= 0.6 is 23.2 Å². The molecule has 0 spiro atoms. The summed E-state index contributed by atoms with van der Waals surface area (Å²) in [6, 6.07) is 0. The van der Waals surface area contributed by atoms with Crippen molar-refractivity contribution in [3.05, 3.63) is 0 Å². The summed E-state index contributed by atoms with van der Waals surface area (Å²) in [6.07, 6.45) is 0.958. The van der Waals surface area contributed by atoms with E-state index in [2.05, 4.69) is 19.2 Å². The summed E-state index contributed by atoms with van der Waals surface area (Å²) >= 11 is 11.5. The SMILES string of the molecule is CC(CCl)(CCl)NC(=O)C1CC1(C)C. The molecule has 4 heteroatoms. The van der Waals surface area contributed by atoms with Crippen LogP contribution in [-0.4, -0.2) is 23.2 Å². The fourth-order valence-electron chi connectivity index (χ4n) is 1.40. The van der Waals surface area contributed by atoms with Gasteiger partial charge in [0, 0.05) is 17.7 Å². The lowest BCUT2D eigenvalue weighted by Crippen LogP contribution is -2.50. The maximum Gasteiger partial charge on any atom is 0.224 e. The minimum Gasteiger partial charge on any atom is -0.348 e. The minimum absolute atomic E-state index is 0.0822. The van der Waals surface area contributed by atoms with Crippen LogP contribution in [0.2, 0.25) is 0 Å². The molecule has 1 N–H and O–H groups in total. The van der Waals surface area contributed by atoms with Crippen molar-refractivity contribution in [1.82, 2.24) is 5.32 Å². The third-order valence-electron chi connectivity index (χ3n) is 2.84. The average Bonchev–Trinajstić information content (AvgIpc) is 2.75. The highest BCUT2D eigenvalue weighted by atomic mass is 35.5. The van der Waals surface area contributed by atoms with Gasteiger partial charge in [-0.3, -0.25) is 4.79 Å². The summed E-state index contributed by atoms with van der Waals surface area (Å²) in [4.78, 5) is 11.7. The topological polar surface area (TPSA) is 29.1 Å². The van der Waals surface area contributed by atoms with Crippen molar-refractivity contribution >= 4 is 29.1 Å². The summed E-state index contributed by atoms with van der Waals surface area (Å²) in [7, 11) is 0. The van der Waals surface area contributed by atoms with Gasteiger partial charge in [0.25, 0.3) is 0 Å². The Bertz CT molecular complexity index is 236.